The number of methoxy groups -OCH3 is 2. The van der Waals surface area contributed by atoms with Gasteiger partial charge in [0.2, 0.25) is 0 Å². The lowest BCUT2D eigenvalue weighted by molar-refractivity contribution is 0.128. The Labute approximate surface area is 147 Å². The largest absolute Gasteiger partial charge is 0.497 e. The van der Waals surface area contributed by atoms with Crippen LogP contribution in [-0.4, -0.2) is 30.3 Å². The van der Waals surface area contributed by atoms with Crippen LogP contribution < -0.4 is 15.0 Å². The number of hydroxylamine groups is 1. The summed E-state index contributed by atoms with van der Waals surface area (Å²) in [5.41, 5.74) is 4.47. The van der Waals surface area contributed by atoms with E-state index in [2.05, 4.69) is 10.6 Å². The maximum Gasteiger partial charge on any atom is 0.118 e. The Bertz CT molecular complexity index is 709. The second-order valence-corrected chi connectivity index (χ2v) is 5.36. The van der Waals surface area contributed by atoms with Crippen LogP contribution in [0.4, 0.5) is 0 Å². The molecule has 0 aliphatic carbocycles. The van der Waals surface area contributed by atoms with Gasteiger partial charge in [0, 0.05) is 6.42 Å². The summed E-state index contributed by atoms with van der Waals surface area (Å²) in [6.07, 6.45) is 3.85. The molecule has 2 aromatic rings. The zero-order valence-electron chi connectivity index (χ0n) is 14.2. The first-order valence-corrected chi connectivity index (χ1v) is 7.76. The van der Waals surface area contributed by atoms with E-state index in [9.17, 15) is 10.4 Å². The van der Waals surface area contributed by atoms with Gasteiger partial charge < -0.3 is 19.9 Å². The minimum absolute atomic E-state index is 0.311. The fraction of sp³-hybridized carbons (Fsp3) is 0.211. The first kappa shape index (κ1) is 18.5. The van der Waals surface area contributed by atoms with Crippen LogP contribution in [0.5, 0.6) is 11.5 Å². The van der Waals surface area contributed by atoms with E-state index >= 15 is 0 Å². The summed E-state index contributed by atoms with van der Waals surface area (Å²) in [4.78, 5) is 0. The zero-order chi connectivity index (χ0) is 18.1. The molecule has 2 rings (SSSR count). The fourth-order valence-corrected chi connectivity index (χ4v) is 2.33. The summed E-state index contributed by atoms with van der Waals surface area (Å²) < 4.78 is 10.2. The molecule has 0 saturated carbocycles. The molecule has 1 unspecified atom stereocenters. The summed E-state index contributed by atoms with van der Waals surface area (Å²) in [7, 11) is 3.21. The van der Waals surface area contributed by atoms with Gasteiger partial charge in [-0.2, -0.15) is 5.48 Å². The lowest BCUT2D eigenvalue weighted by Gasteiger charge is -2.15. The average Bonchev–Trinajstić information content (AvgIpc) is 2.69. The fourth-order valence-electron chi connectivity index (χ4n) is 2.33. The normalized spacial score (nSPS) is 13.0. The minimum Gasteiger partial charge on any atom is -0.497 e. The first-order valence-electron chi connectivity index (χ1n) is 7.76. The predicted octanol–water partition coefficient (Wildman–Crippen LogP) is 3.66. The molecular weight excluding hydrogens is 320 g/mol. The van der Waals surface area contributed by atoms with Crippen molar-refractivity contribution in [1.29, 1.82) is 0 Å². The van der Waals surface area contributed by atoms with Crippen molar-refractivity contribution in [3.63, 3.8) is 0 Å². The van der Waals surface area contributed by atoms with Crippen molar-refractivity contribution in [3.8, 4) is 11.5 Å². The van der Waals surface area contributed by atoms with Gasteiger partial charge in [-0.25, -0.2) is 0 Å². The van der Waals surface area contributed by atoms with Crippen molar-refractivity contribution in [1.82, 2.24) is 5.48 Å². The van der Waals surface area contributed by atoms with Crippen LogP contribution in [0.3, 0.4) is 0 Å². The highest BCUT2D eigenvalue weighted by Crippen LogP contribution is 2.21. The van der Waals surface area contributed by atoms with E-state index in [1.54, 1.807) is 20.3 Å². The van der Waals surface area contributed by atoms with E-state index in [1.165, 1.54) is 0 Å². The Hall–Kier alpha value is -2.83. The van der Waals surface area contributed by atoms with Crippen molar-refractivity contribution in [2.75, 3.05) is 14.2 Å². The van der Waals surface area contributed by atoms with E-state index in [0.29, 0.717) is 12.1 Å². The van der Waals surface area contributed by atoms with Gasteiger partial charge in [0.05, 0.1) is 26.0 Å². The Morgan fingerprint density at radius 3 is 2.08 bits per heavy atom. The average molecular weight is 342 g/mol. The Morgan fingerprint density at radius 2 is 1.60 bits per heavy atom. The molecule has 0 amide bonds. The number of benzene rings is 2. The highest BCUT2D eigenvalue weighted by Gasteiger charge is 2.13. The topological polar surface area (TPSA) is 83.3 Å². The molecule has 0 bridgehead atoms. The summed E-state index contributed by atoms with van der Waals surface area (Å²) in [5.74, 6) is 1.51. The Kier molecular flexibility index (Phi) is 7.00. The van der Waals surface area contributed by atoms with Crippen LogP contribution in [0, 0.1) is 0 Å². The second kappa shape index (κ2) is 9.46. The summed E-state index contributed by atoms with van der Waals surface area (Å²) >= 11 is 0. The molecule has 1 atom stereocenters. The lowest BCUT2D eigenvalue weighted by Crippen LogP contribution is -2.20. The van der Waals surface area contributed by atoms with Crippen molar-refractivity contribution in [2.24, 2.45) is 5.16 Å². The molecule has 0 aliphatic rings. The Morgan fingerprint density at radius 1 is 1.04 bits per heavy atom. The molecule has 0 spiro atoms. The molecule has 0 aromatic heterocycles. The van der Waals surface area contributed by atoms with E-state index in [0.717, 1.165) is 22.6 Å². The Balaban J connectivity index is 2.06. The number of hydrogen-bond acceptors (Lipinski definition) is 6. The number of oxime groups is 1. The smallest absolute Gasteiger partial charge is 0.118 e. The number of allylic oxidation sites excluding steroid dienone is 1. The van der Waals surface area contributed by atoms with E-state index in [1.807, 2.05) is 54.6 Å². The molecule has 0 fully saturated rings. The SMILES string of the molecule is COc1ccc(C=C/C(CC(NO)c2ccc(OC)cc2)=N/O)cc1. The van der Waals surface area contributed by atoms with E-state index < -0.39 is 6.04 Å². The molecule has 0 heterocycles. The second-order valence-electron chi connectivity index (χ2n) is 5.36. The van der Waals surface area contributed by atoms with Crippen LogP contribution in [0.25, 0.3) is 6.08 Å². The number of rotatable bonds is 8. The van der Waals surface area contributed by atoms with Gasteiger partial charge >= 0.3 is 0 Å². The summed E-state index contributed by atoms with van der Waals surface area (Å²) in [6, 6.07) is 14.4. The van der Waals surface area contributed by atoms with Gasteiger partial charge in [-0.15, -0.1) is 0 Å². The highest BCUT2D eigenvalue weighted by molar-refractivity contribution is 5.98. The highest BCUT2D eigenvalue weighted by atomic mass is 16.5. The van der Waals surface area contributed by atoms with Gasteiger partial charge in [-0.05, 0) is 41.5 Å². The van der Waals surface area contributed by atoms with Crippen LogP contribution in [0.15, 0.2) is 59.8 Å². The molecule has 0 saturated heterocycles. The molecule has 2 aromatic carbocycles. The van der Waals surface area contributed by atoms with Gasteiger partial charge in [-0.1, -0.05) is 35.5 Å². The van der Waals surface area contributed by atoms with Gasteiger partial charge in [0.15, 0.2) is 0 Å². The molecule has 0 aliphatic heterocycles. The standard InChI is InChI=1S/C19H22N2O4/c1-24-17-9-4-14(5-10-17)3-8-16(20-22)13-19(21-23)15-6-11-18(25-2)12-7-15/h3-12,19,21-23H,13H2,1-2H3/b8-3?,20-16-. The molecule has 6 nitrogen and oxygen atoms in total. The molecule has 3 N–H and O–H groups in total. The molecule has 132 valence electrons. The minimum atomic E-state index is -0.405. The first-order chi connectivity index (χ1) is 12.2. The quantitative estimate of drug-likeness (QED) is 0.387. The van der Waals surface area contributed by atoms with Gasteiger partial charge in [-0.3, -0.25) is 0 Å². The van der Waals surface area contributed by atoms with Crippen molar-refractivity contribution >= 4 is 11.8 Å². The lowest BCUT2D eigenvalue weighted by atomic mass is 10.0. The van der Waals surface area contributed by atoms with Crippen LogP contribution in [0.1, 0.15) is 23.6 Å². The van der Waals surface area contributed by atoms with Crippen LogP contribution in [0.2, 0.25) is 0 Å². The number of hydrogen-bond donors (Lipinski definition) is 3. The predicted molar refractivity (Wildman–Crippen MR) is 96.5 cm³/mol. The maximum atomic E-state index is 9.44. The van der Waals surface area contributed by atoms with Gasteiger partial charge in [0.25, 0.3) is 0 Å². The van der Waals surface area contributed by atoms with Crippen molar-refractivity contribution in [2.45, 2.75) is 12.5 Å². The van der Waals surface area contributed by atoms with Crippen molar-refractivity contribution in [3.05, 3.63) is 65.7 Å². The van der Waals surface area contributed by atoms with Crippen molar-refractivity contribution < 1.29 is 19.9 Å². The molecule has 0 radical (unpaired) electrons. The third-order valence-electron chi connectivity index (χ3n) is 3.80. The van der Waals surface area contributed by atoms with E-state index in [4.69, 9.17) is 9.47 Å². The number of nitrogens with zero attached hydrogens (tertiary/aromatic N) is 1. The van der Waals surface area contributed by atoms with Gasteiger partial charge in [0.1, 0.15) is 11.5 Å². The monoisotopic (exact) mass is 342 g/mol. The third kappa shape index (κ3) is 5.34. The summed E-state index contributed by atoms with van der Waals surface area (Å²) in [5, 5.41) is 22.0. The third-order valence-corrected chi connectivity index (χ3v) is 3.80. The number of nitrogens with one attached hydrogen (secondary N) is 1. The van der Waals surface area contributed by atoms with Crippen LogP contribution >= 0.6 is 0 Å². The van der Waals surface area contributed by atoms with Crippen LogP contribution in [-0.2, 0) is 0 Å². The summed E-state index contributed by atoms with van der Waals surface area (Å²) in [6.45, 7) is 0. The molecular formula is C19H22N2O4. The maximum absolute atomic E-state index is 9.44. The van der Waals surface area contributed by atoms with E-state index in [-0.39, 0.29) is 0 Å². The molecule has 25 heavy (non-hydrogen) atoms. The zero-order valence-corrected chi connectivity index (χ0v) is 14.2. The number of ether oxygens (including phenoxy) is 2. The molecule has 6 heteroatoms.